The molecule has 4 atom stereocenters. The van der Waals surface area contributed by atoms with Gasteiger partial charge >= 0.3 is 0 Å². The van der Waals surface area contributed by atoms with Crippen LogP contribution in [0.1, 0.15) is 0 Å². The Balaban J connectivity index is 2.69. The van der Waals surface area contributed by atoms with Gasteiger partial charge in [0.1, 0.15) is 18.3 Å². The van der Waals surface area contributed by atoms with Gasteiger partial charge in [-0.15, -0.1) is 0 Å². The lowest BCUT2D eigenvalue weighted by Crippen LogP contribution is -2.40. The maximum atomic E-state index is 9.02. The Morgan fingerprint density at radius 3 is 2.18 bits per heavy atom. The van der Waals surface area contributed by atoms with E-state index in [0.717, 1.165) is 0 Å². The average molecular weight is 162 g/mol. The molecule has 0 saturated carbocycles. The SMILES string of the molecule is [CH]C1(O)O[C@H](CO)[C@H](O)C1O. The van der Waals surface area contributed by atoms with Crippen LogP contribution >= 0.6 is 0 Å². The maximum absolute atomic E-state index is 9.02. The quantitative estimate of drug-likeness (QED) is 0.342. The summed E-state index contributed by atoms with van der Waals surface area (Å²) < 4.78 is 4.51. The molecule has 1 saturated heterocycles. The second-order valence-corrected chi connectivity index (χ2v) is 2.53. The molecule has 5 nitrogen and oxygen atoms in total. The summed E-state index contributed by atoms with van der Waals surface area (Å²) in [4.78, 5) is 0. The molecule has 0 aromatic rings. The van der Waals surface area contributed by atoms with Crippen LogP contribution in [0.2, 0.25) is 0 Å². The summed E-state index contributed by atoms with van der Waals surface area (Å²) >= 11 is 0. The zero-order valence-corrected chi connectivity index (χ0v) is 5.71. The van der Waals surface area contributed by atoms with E-state index in [1.165, 1.54) is 0 Å². The van der Waals surface area contributed by atoms with Crippen molar-refractivity contribution in [1.29, 1.82) is 0 Å². The van der Waals surface area contributed by atoms with Crippen molar-refractivity contribution in [1.82, 2.24) is 0 Å². The van der Waals surface area contributed by atoms with Crippen LogP contribution in [0.25, 0.3) is 0 Å². The Hall–Kier alpha value is -0.200. The van der Waals surface area contributed by atoms with Crippen molar-refractivity contribution in [2.75, 3.05) is 6.61 Å². The van der Waals surface area contributed by atoms with Crippen LogP contribution < -0.4 is 0 Å². The summed E-state index contributed by atoms with van der Waals surface area (Å²) in [6.07, 6.45) is -3.96. The van der Waals surface area contributed by atoms with E-state index in [9.17, 15) is 0 Å². The van der Waals surface area contributed by atoms with Gasteiger partial charge in [0.2, 0.25) is 0 Å². The summed E-state index contributed by atoms with van der Waals surface area (Å²) in [5, 5.41) is 35.5. The summed E-state index contributed by atoms with van der Waals surface area (Å²) in [6.45, 7) is 4.49. The summed E-state index contributed by atoms with van der Waals surface area (Å²) in [5.74, 6) is -2.26. The van der Waals surface area contributed by atoms with Crippen molar-refractivity contribution >= 4 is 0 Å². The Kier molecular flexibility index (Phi) is 2.17. The van der Waals surface area contributed by atoms with Gasteiger partial charge in [0.25, 0.3) is 0 Å². The van der Waals surface area contributed by atoms with Gasteiger partial charge < -0.3 is 25.2 Å². The van der Waals surface area contributed by atoms with Gasteiger partial charge in [0.15, 0.2) is 5.79 Å². The van der Waals surface area contributed by atoms with E-state index in [-0.39, 0.29) is 0 Å². The van der Waals surface area contributed by atoms with Crippen LogP contribution in [0.4, 0.5) is 0 Å². The molecule has 1 rings (SSSR count). The highest BCUT2D eigenvalue weighted by molar-refractivity contribution is 4.96. The van der Waals surface area contributed by atoms with Crippen LogP contribution in [0, 0.1) is 6.92 Å². The van der Waals surface area contributed by atoms with Gasteiger partial charge in [-0.1, -0.05) is 0 Å². The molecule has 0 aromatic carbocycles. The third-order valence-electron chi connectivity index (χ3n) is 1.65. The molecule has 5 heteroatoms. The maximum Gasteiger partial charge on any atom is 0.199 e. The highest BCUT2D eigenvalue weighted by atomic mass is 16.7. The Morgan fingerprint density at radius 2 is 2.00 bits per heavy atom. The van der Waals surface area contributed by atoms with Gasteiger partial charge in [-0.3, -0.25) is 0 Å². The fraction of sp³-hybridized carbons (Fsp3) is 0.833. The Bertz CT molecular complexity index is 146. The summed E-state index contributed by atoms with van der Waals surface area (Å²) in [7, 11) is 0. The van der Waals surface area contributed by atoms with E-state index in [0.29, 0.717) is 0 Å². The van der Waals surface area contributed by atoms with Gasteiger partial charge in [0, 0.05) is 6.92 Å². The van der Waals surface area contributed by atoms with Crippen molar-refractivity contribution in [3.63, 3.8) is 0 Å². The first-order valence-corrected chi connectivity index (χ1v) is 3.15. The lowest BCUT2D eigenvalue weighted by molar-refractivity contribution is -0.198. The van der Waals surface area contributed by atoms with Crippen molar-refractivity contribution in [2.45, 2.75) is 24.1 Å². The van der Waals surface area contributed by atoms with E-state index < -0.39 is 30.7 Å². The minimum absolute atomic E-state index is 0.502. The molecule has 64 valence electrons. The molecule has 1 aliphatic heterocycles. The highest BCUT2D eigenvalue weighted by Gasteiger charge is 2.50. The molecule has 0 amide bonds. The largest absolute Gasteiger partial charge is 0.394 e. The lowest BCUT2D eigenvalue weighted by atomic mass is 10.1. The minimum atomic E-state index is -2.26. The number of aliphatic hydroxyl groups excluding tert-OH is 3. The molecule has 1 heterocycles. The normalized spacial score (nSPS) is 51.5. The van der Waals surface area contributed by atoms with Crippen LogP contribution in [0.5, 0.6) is 0 Å². The van der Waals surface area contributed by atoms with E-state index in [4.69, 9.17) is 27.3 Å². The zero-order chi connectivity index (χ0) is 8.65. The molecule has 1 aliphatic rings. The average Bonchev–Trinajstić information content (AvgIpc) is 2.13. The Morgan fingerprint density at radius 1 is 1.45 bits per heavy atom. The molecule has 0 spiro atoms. The molecule has 11 heavy (non-hydrogen) atoms. The molecular weight excluding hydrogens is 152 g/mol. The topological polar surface area (TPSA) is 90.2 Å². The first kappa shape index (κ1) is 8.89. The molecule has 0 bridgehead atoms. The van der Waals surface area contributed by atoms with Crippen molar-refractivity contribution < 1.29 is 25.2 Å². The summed E-state index contributed by atoms with van der Waals surface area (Å²) in [6, 6.07) is 0. The predicted octanol–water partition coefficient (Wildman–Crippen LogP) is -2.50. The standard InChI is InChI=1S/C6H10O5/c1-6(10)5(9)4(8)3(2-7)11-6/h1,3-5,7-10H,2H2/t3-,4+,5?,6?/m1/s1. The highest BCUT2D eigenvalue weighted by Crippen LogP contribution is 2.27. The van der Waals surface area contributed by atoms with Gasteiger partial charge in [-0.05, 0) is 0 Å². The minimum Gasteiger partial charge on any atom is -0.394 e. The van der Waals surface area contributed by atoms with Gasteiger partial charge in [0.05, 0.1) is 6.61 Å². The number of aliphatic hydroxyl groups is 4. The third-order valence-corrected chi connectivity index (χ3v) is 1.65. The molecule has 2 unspecified atom stereocenters. The van der Waals surface area contributed by atoms with Crippen LogP contribution in [0.3, 0.4) is 0 Å². The first-order valence-electron chi connectivity index (χ1n) is 3.15. The third kappa shape index (κ3) is 1.38. The van der Waals surface area contributed by atoms with Gasteiger partial charge in [-0.2, -0.15) is 0 Å². The van der Waals surface area contributed by atoms with E-state index in [1.807, 2.05) is 0 Å². The van der Waals surface area contributed by atoms with Gasteiger partial charge in [-0.25, -0.2) is 0 Å². The summed E-state index contributed by atoms with van der Waals surface area (Å²) in [5.41, 5.74) is 0. The van der Waals surface area contributed by atoms with E-state index in [1.54, 1.807) is 0 Å². The number of hydrogen-bond acceptors (Lipinski definition) is 5. The monoisotopic (exact) mass is 162 g/mol. The molecule has 1 fully saturated rings. The molecule has 0 aromatic heterocycles. The van der Waals surface area contributed by atoms with Crippen molar-refractivity contribution in [2.24, 2.45) is 0 Å². The molecular formula is C6H10O5. The van der Waals surface area contributed by atoms with Crippen molar-refractivity contribution in [3.05, 3.63) is 6.92 Å². The molecule has 4 N–H and O–H groups in total. The van der Waals surface area contributed by atoms with Crippen LogP contribution in [0.15, 0.2) is 0 Å². The fourth-order valence-corrected chi connectivity index (χ4v) is 0.975. The fourth-order valence-electron chi connectivity index (χ4n) is 0.975. The van der Waals surface area contributed by atoms with Crippen LogP contribution in [-0.4, -0.2) is 51.1 Å². The van der Waals surface area contributed by atoms with Crippen molar-refractivity contribution in [3.8, 4) is 0 Å². The number of rotatable bonds is 1. The van der Waals surface area contributed by atoms with Crippen LogP contribution in [-0.2, 0) is 4.74 Å². The first-order chi connectivity index (χ1) is 4.99. The van der Waals surface area contributed by atoms with E-state index >= 15 is 0 Å². The smallest absolute Gasteiger partial charge is 0.199 e. The number of hydrogen-bond donors (Lipinski definition) is 4. The second-order valence-electron chi connectivity index (χ2n) is 2.53. The number of ether oxygens (including phenoxy) is 1. The van der Waals surface area contributed by atoms with E-state index in [2.05, 4.69) is 4.74 Å². The zero-order valence-electron chi connectivity index (χ0n) is 5.71. The molecule has 2 radical (unpaired) electrons. The second kappa shape index (κ2) is 2.69. The molecule has 0 aliphatic carbocycles. The lowest BCUT2D eigenvalue weighted by Gasteiger charge is -2.19. The Labute approximate surface area is 63.8 Å². The predicted molar refractivity (Wildman–Crippen MR) is 33.2 cm³/mol.